The Kier molecular flexibility index (Phi) is 3.61. The van der Waals surface area contributed by atoms with Gasteiger partial charge in [0.05, 0.1) is 16.9 Å². The third kappa shape index (κ3) is 2.96. The second-order valence-electron chi connectivity index (χ2n) is 3.74. The largest absolute Gasteiger partial charge is 0.454 e. The third-order valence-corrected chi connectivity index (χ3v) is 2.60. The van der Waals surface area contributed by atoms with Gasteiger partial charge in [-0.15, -0.1) is 0 Å². The molecule has 1 heterocycles. The first-order valence-electron chi connectivity index (χ1n) is 5.31. The maximum absolute atomic E-state index is 5.99. The summed E-state index contributed by atoms with van der Waals surface area (Å²) in [5.74, 6) is 1.26. The van der Waals surface area contributed by atoms with Crippen LogP contribution in [0.5, 0.6) is 11.5 Å². The highest BCUT2D eigenvalue weighted by Gasteiger charge is 2.04. The molecule has 0 aliphatic carbocycles. The average molecular weight is 249 g/mol. The number of rotatable bonds is 3. The first kappa shape index (κ1) is 11.9. The summed E-state index contributed by atoms with van der Waals surface area (Å²) in [5.41, 5.74) is 6.55. The van der Waals surface area contributed by atoms with Gasteiger partial charge in [-0.1, -0.05) is 23.7 Å². The molecule has 0 bridgehead atoms. The van der Waals surface area contributed by atoms with Crippen molar-refractivity contribution >= 4 is 11.6 Å². The SMILES string of the molecule is C[C@@H](N)c1ccc(Oc2ccccc2Cl)cn1. The Labute approximate surface area is 105 Å². The smallest absolute Gasteiger partial charge is 0.146 e. The van der Waals surface area contributed by atoms with Crippen molar-refractivity contribution in [3.05, 3.63) is 53.3 Å². The summed E-state index contributed by atoms with van der Waals surface area (Å²) in [7, 11) is 0. The molecule has 2 N–H and O–H groups in total. The van der Waals surface area contributed by atoms with Gasteiger partial charge in [-0.2, -0.15) is 0 Å². The molecule has 0 radical (unpaired) electrons. The summed E-state index contributed by atoms with van der Waals surface area (Å²) < 4.78 is 5.61. The zero-order valence-corrected chi connectivity index (χ0v) is 10.2. The number of nitrogens with two attached hydrogens (primary N) is 1. The van der Waals surface area contributed by atoms with Crippen molar-refractivity contribution in [2.24, 2.45) is 5.73 Å². The number of ether oxygens (including phenoxy) is 1. The van der Waals surface area contributed by atoms with Gasteiger partial charge < -0.3 is 10.5 Å². The molecule has 3 nitrogen and oxygen atoms in total. The van der Waals surface area contributed by atoms with Crippen molar-refractivity contribution in [3.8, 4) is 11.5 Å². The molecule has 0 spiro atoms. The quantitative estimate of drug-likeness (QED) is 0.904. The van der Waals surface area contributed by atoms with Crippen molar-refractivity contribution in [2.75, 3.05) is 0 Å². The third-order valence-electron chi connectivity index (χ3n) is 2.29. The zero-order valence-electron chi connectivity index (χ0n) is 9.43. The van der Waals surface area contributed by atoms with Gasteiger partial charge >= 0.3 is 0 Å². The second kappa shape index (κ2) is 5.17. The van der Waals surface area contributed by atoms with Crippen molar-refractivity contribution < 1.29 is 4.74 Å². The molecule has 0 fully saturated rings. The Hall–Kier alpha value is -1.58. The van der Waals surface area contributed by atoms with Crippen LogP contribution in [0.15, 0.2) is 42.6 Å². The molecule has 1 aromatic carbocycles. The molecule has 17 heavy (non-hydrogen) atoms. The van der Waals surface area contributed by atoms with Gasteiger partial charge in [-0.05, 0) is 31.2 Å². The molecule has 0 aliphatic rings. The first-order valence-corrected chi connectivity index (χ1v) is 5.68. The highest BCUT2D eigenvalue weighted by Crippen LogP contribution is 2.28. The Bertz CT molecular complexity index is 497. The van der Waals surface area contributed by atoms with Crippen molar-refractivity contribution in [1.82, 2.24) is 4.98 Å². The van der Waals surface area contributed by atoms with E-state index in [1.54, 1.807) is 12.3 Å². The van der Waals surface area contributed by atoms with E-state index < -0.39 is 0 Å². The van der Waals surface area contributed by atoms with Crippen molar-refractivity contribution in [2.45, 2.75) is 13.0 Å². The van der Waals surface area contributed by atoms with Gasteiger partial charge in [-0.3, -0.25) is 4.98 Å². The minimum Gasteiger partial charge on any atom is -0.454 e. The highest BCUT2D eigenvalue weighted by atomic mass is 35.5. The molecular formula is C13H13ClN2O. The van der Waals surface area contributed by atoms with E-state index in [2.05, 4.69) is 4.98 Å². The van der Waals surface area contributed by atoms with Gasteiger partial charge in [0.2, 0.25) is 0 Å². The number of benzene rings is 1. The van der Waals surface area contributed by atoms with Crippen LogP contribution in [0.3, 0.4) is 0 Å². The fourth-order valence-electron chi connectivity index (χ4n) is 1.38. The number of nitrogens with zero attached hydrogens (tertiary/aromatic N) is 1. The molecular weight excluding hydrogens is 236 g/mol. The molecule has 2 rings (SSSR count). The average Bonchev–Trinajstić information content (AvgIpc) is 2.33. The number of para-hydroxylation sites is 1. The lowest BCUT2D eigenvalue weighted by Gasteiger charge is -2.08. The van der Waals surface area contributed by atoms with Crippen LogP contribution in [0, 0.1) is 0 Å². The standard InChI is InChI=1S/C13H13ClN2O/c1-9(15)12-7-6-10(8-16-12)17-13-5-3-2-4-11(13)14/h2-9H,15H2,1H3/t9-/m1/s1. The summed E-state index contributed by atoms with van der Waals surface area (Å²) in [6.07, 6.45) is 1.64. The van der Waals surface area contributed by atoms with Crippen LogP contribution in [-0.4, -0.2) is 4.98 Å². The number of aromatic nitrogens is 1. The summed E-state index contributed by atoms with van der Waals surface area (Å²) in [4.78, 5) is 4.21. The van der Waals surface area contributed by atoms with Gasteiger partial charge in [0, 0.05) is 6.04 Å². The van der Waals surface area contributed by atoms with Crippen LogP contribution in [0.4, 0.5) is 0 Å². The molecule has 4 heteroatoms. The van der Waals surface area contributed by atoms with Crippen LogP contribution in [0.25, 0.3) is 0 Å². The van der Waals surface area contributed by atoms with Crippen LogP contribution in [0.2, 0.25) is 5.02 Å². The van der Waals surface area contributed by atoms with Crippen LogP contribution < -0.4 is 10.5 Å². The van der Waals surface area contributed by atoms with Crippen LogP contribution in [0.1, 0.15) is 18.7 Å². The molecule has 1 atom stereocenters. The Morgan fingerprint density at radius 1 is 1.24 bits per heavy atom. The highest BCUT2D eigenvalue weighted by molar-refractivity contribution is 6.32. The first-order chi connectivity index (χ1) is 8.16. The van der Waals surface area contributed by atoms with Crippen LogP contribution in [-0.2, 0) is 0 Å². The lowest BCUT2D eigenvalue weighted by molar-refractivity contribution is 0.479. The number of hydrogen-bond donors (Lipinski definition) is 1. The van der Waals surface area contributed by atoms with Gasteiger partial charge in [0.25, 0.3) is 0 Å². The summed E-state index contributed by atoms with van der Waals surface area (Å²) in [6, 6.07) is 10.9. The minimum atomic E-state index is -0.0793. The Balaban J connectivity index is 2.17. The van der Waals surface area contributed by atoms with E-state index in [-0.39, 0.29) is 6.04 Å². The van der Waals surface area contributed by atoms with E-state index in [1.165, 1.54) is 0 Å². The summed E-state index contributed by atoms with van der Waals surface area (Å²) >= 11 is 5.99. The van der Waals surface area contributed by atoms with Gasteiger partial charge in [0.15, 0.2) is 0 Å². The Morgan fingerprint density at radius 3 is 2.59 bits per heavy atom. The molecule has 0 unspecified atom stereocenters. The number of halogens is 1. The van der Waals surface area contributed by atoms with E-state index in [1.807, 2.05) is 37.3 Å². The van der Waals surface area contributed by atoms with E-state index in [9.17, 15) is 0 Å². The van der Waals surface area contributed by atoms with Gasteiger partial charge in [0.1, 0.15) is 11.5 Å². The van der Waals surface area contributed by atoms with E-state index in [0.717, 1.165) is 5.69 Å². The zero-order chi connectivity index (χ0) is 12.3. The molecule has 0 amide bonds. The maximum Gasteiger partial charge on any atom is 0.146 e. The maximum atomic E-state index is 5.99. The normalized spacial score (nSPS) is 12.2. The van der Waals surface area contributed by atoms with Crippen molar-refractivity contribution in [1.29, 1.82) is 0 Å². The molecule has 88 valence electrons. The molecule has 0 aliphatic heterocycles. The van der Waals surface area contributed by atoms with Crippen LogP contribution >= 0.6 is 11.6 Å². The van der Waals surface area contributed by atoms with E-state index in [4.69, 9.17) is 22.1 Å². The molecule has 2 aromatic rings. The predicted molar refractivity (Wildman–Crippen MR) is 68.4 cm³/mol. The number of pyridine rings is 1. The number of hydrogen-bond acceptors (Lipinski definition) is 3. The van der Waals surface area contributed by atoms with E-state index in [0.29, 0.717) is 16.5 Å². The molecule has 1 aromatic heterocycles. The monoisotopic (exact) mass is 248 g/mol. The molecule has 0 saturated carbocycles. The van der Waals surface area contributed by atoms with Crippen molar-refractivity contribution in [3.63, 3.8) is 0 Å². The summed E-state index contributed by atoms with van der Waals surface area (Å²) in [5, 5.41) is 0.573. The lowest BCUT2D eigenvalue weighted by atomic mass is 10.2. The Morgan fingerprint density at radius 2 is 2.00 bits per heavy atom. The predicted octanol–water partition coefficient (Wildman–Crippen LogP) is 3.55. The fourth-order valence-corrected chi connectivity index (χ4v) is 1.55. The topological polar surface area (TPSA) is 48.1 Å². The lowest BCUT2D eigenvalue weighted by Crippen LogP contribution is -2.06. The second-order valence-corrected chi connectivity index (χ2v) is 4.15. The minimum absolute atomic E-state index is 0.0793. The van der Waals surface area contributed by atoms with E-state index >= 15 is 0 Å². The van der Waals surface area contributed by atoms with Gasteiger partial charge in [-0.25, -0.2) is 0 Å². The fraction of sp³-hybridized carbons (Fsp3) is 0.154. The summed E-state index contributed by atoms with van der Waals surface area (Å²) in [6.45, 7) is 1.89. The molecule has 0 saturated heterocycles.